The van der Waals surface area contributed by atoms with Crippen LogP contribution in [0.15, 0.2) is 71.6 Å². The highest BCUT2D eigenvalue weighted by atomic mass is 35.5. The Labute approximate surface area is 264 Å². The lowest BCUT2D eigenvalue weighted by Crippen LogP contribution is -2.54. The van der Waals surface area contributed by atoms with Gasteiger partial charge in [-0.3, -0.25) is 13.9 Å². The van der Waals surface area contributed by atoms with Crippen molar-refractivity contribution in [3.05, 3.63) is 88.7 Å². The average molecular weight is 644 g/mol. The van der Waals surface area contributed by atoms with Crippen LogP contribution in [0.3, 0.4) is 0 Å². The normalized spacial score (nSPS) is 14.5. The number of rotatable bonds is 12. The van der Waals surface area contributed by atoms with Gasteiger partial charge in [-0.05, 0) is 74.2 Å². The molecule has 0 aliphatic heterocycles. The van der Waals surface area contributed by atoms with Crippen LogP contribution in [0, 0.1) is 12.7 Å². The number of nitrogens with one attached hydrogen (secondary N) is 1. The second-order valence-corrected chi connectivity index (χ2v) is 13.4. The number of carbonyl (C=O) groups is 2. The quantitative estimate of drug-likeness (QED) is 0.252. The van der Waals surface area contributed by atoms with Gasteiger partial charge in [-0.1, -0.05) is 67.6 Å². The summed E-state index contributed by atoms with van der Waals surface area (Å²) in [6.45, 7) is 2.98. The van der Waals surface area contributed by atoms with Gasteiger partial charge in [-0.25, -0.2) is 12.8 Å². The summed E-state index contributed by atoms with van der Waals surface area (Å²) in [6, 6.07) is 15.6. The van der Waals surface area contributed by atoms with Gasteiger partial charge in [0.2, 0.25) is 11.8 Å². The highest BCUT2D eigenvalue weighted by Crippen LogP contribution is 2.35. The summed E-state index contributed by atoms with van der Waals surface area (Å²) in [6.07, 6.45) is 5.19. The van der Waals surface area contributed by atoms with Crippen molar-refractivity contribution >= 4 is 39.1 Å². The van der Waals surface area contributed by atoms with Gasteiger partial charge in [0, 0.05) is 17.6 Å². The summed E-state index contributed by atoms with van der Waals surface area (Å²) in [4.78, 5) is 29.3. The van der Waals surface area contributed by atoms with E-state index in [1.807, 2.05) is 6.92 Å². The van der Waals surface area contributed by atoms with Gasteiger partial charge < -0.3 is 15.0 Å². The van der Waals surface area contributed by atoms with E-state index in [0.29, 0.717) is 5.56 Å². The summed E-state index contributed by atoms with van der Waals surface area (Å²) in [5.74, 6) is -1.15. The maximum absolute atomic E-state index is 14.3. The van der Waals surface area contributed by atoms with Gasteiger partial charge in [0.05, 0.1) is 17.7 Å². The molecule has 0 bridgehead atoms. The van der Waals surface area contributed by atoms with Crippen molar-refractivity contribution < 1.29 is 27.1 Å². The molecule has 236 valence electrons. The molecule has 8 nitrogen and oxygen atoms in total. The van der Waals surface area contributed by atoms with E-state index in [1.54, 1.807) is 37.3 Å². The van der Waals surface area contributed by atoms with Crippen LogP contribution in [-0.4, -0.2) is 50.9 Å². The van der Waals surface area contributed by atoms with Crippen molar-refractivity contribution in [1.29, 1.82) is 0 Å². The number of anilines is 1. The van der Waals surface area contributed by atoms with Crippen LogP contribution < -0.4 is 14.4 Å². The summed E-state index contributed by atoms with van der Waals surface area (Å²) in [7, 11) is -2.91. The second kappa shape index (κ2) is 14.9. The van der Waals surface area contributed by atoms with E-state index in [1.165, 1.54) is 48.4 Å². The fourth-order valence-electron chi connectivity index (χ4n) is 5.46. The molecule has 0 saturated heterocycles. The third-order valence-corrected chi connectivity index (χ3v) is 9.91. The molecule has 1 saturated carbocycles. The molecular formula is C33H39ClFN3O5S. The first-order chi connectivity index (χ1) is 21.0. The molecule has 3 aromatic carbocycles. The van der Waals surface area contributed by atoms with Crippen LogP contribution in [-0.2, 0) is 26.2 Å². The minimum absolute atomic E-state index is 0.0159. The number of amides is 2. The smallest absolute Gasteiger partial charge is 0.264 e. The van der Waals surface area contributed by atoms with Crippen molar-refractivity contribution in [2.24, 2.45) is 0 Å². The molecule has 3 aromatic rings. The summed E-state index contributed by atoms with van der Waals surface area (Å²) in [5, 5.41) is 3.36. The summed E-state index contributed by atoms with van der Waals surface area (Å²) in [5.41, 5.74) is 1.54. The van der Waals surface area contributed by atoms with Crippen molar-refractivity contribution in [3.63, 3.8) is 0 Å². The van der Waals surface area contributed by atoms with Crippen molar-refractivity contribution in [2.75, 3.05) is 18.0 Å². The van der Waals surface area contributed by atoms with Crippen molar-refractivity contribution in [1.82, 2.24) is 10.2 Å². The lowest BCUT2D eigenvalue weighted by Gasteiger charge is -2.34. The highest BCUT2D eigenvalue weighted by molar-refractivity contribution is 7.92. The summed E-state index contributed by atoms with van der Waals surface area (Å²) >= 11 is 6.31. The molecule has 0 aromatic heterocycles. The number of benzene rings is 3. The number of carbonyl (C=O) groups excluding carboxylic acids is 2. The average Bonchev–Trinajstić information content (AvgIpc) is 3.01. The predicted molar refractivity (Wildman–Crippen MR) is 170 cm³/mol. The van der Waals surface area contributed by atoms with Crippen LogP contribution in [0.4, 0.5) is 10.1 Å². The van der Waals surface area contributed by atoms with E-state index in [-0.39, 0.29) is 46.3 Å². The lowest BCUT2D eigenvalue weighted by molar-refractivity contribution is -0.140. The first-order valence-electron chi connectivity index (χ1n) is 14.8. The van der Waals surface area contributed by atoms with Crippen molar-refractivity contribution in [2.45, 2.75) is 75.9 Å². The number of methoxy groups -OCH3 is 1. The summed E-state index contributed by atoms with van der Waals surface area (Å²) < 4.78 is 48.5. The zero-order valence-corrected chi connectivity index (χ0v) is 26.8. The Morgan fingerprint density at radius 1 is 1.02 bits per heavy atom. The largest absolute Gasteiger partial charge is 0.495 e. The van der Waals surface area contributed by atoms with Crippen LogP contribution >= 0.6 is 11.6 Å². The number of nitrogens with zero attached hydrogens (tertiary/aromatic N) is 2. The van der Waals surface area contributed by atoms with Gasteiger partial charge in [0.15, 0.2) is 0 Å². The Morgan fingerprint density at radius 2 is 1.68 bits per heavy atom. The Hall–Kier alpha value is -3.63. The minimum atomic E-state index is -4.31. The van der Waals surface area contributed by atoms with Gasteiger partial charge in [-0.2, -0.15) is 0 Å². The van der Waals surface area contributed by atoms with E-state index in [9.17, 15) is 22.4 Å². The lowest BCUT2D eigenvalue weighted by atomic mass is 9.95. The monoisotopic (exact) mass is 643 g/mol. The first-order valence-corrected chi connectivity index (χ1v) is 16.6. The SMILES string of the molecule is CC[C@H](C(=O)NC1CCCCC1)N(Cc1ccc(F)cc1)C(=O)CN(c1cc(Cl)ccc1OC)S(=O)(=O)c1ccc(C)cc1. The number of aryl methyl sites for hydroxylation is 1. The molecule has 2 amide bonds. The standard InChI is InChI=1S/C33H39ClFN3O5S/c1-4-29(33(40)36-27-8-6-5-7-9-27)37(21-24-12-15-26(35)16-13-24)32(39)22-38(30-20-25(34)14-19-31(30)43-3)44(41,42)28-17-10-23(2)11-18-28/h10-20,27,29H,4-9,21-22H2,1-3H3,(H,36,40)/t29-/m1/s1. The highest BCUT2D eigenvalue weighted by Gasteiger charge is 2.35. The third kappa shape index (κ3) is 8.09. The van der Waals surface area contributed by atoms with Gasteiger partial charge >= 0.3 is 0 Å². The van der Waals surface area contributed by atoms with Crippen LogP contribution in [0.2, 0.25) is 5.02 Å². The van der Waals surface area contributed by atoms with E-state index in [4.69, 9.17) is 16.3 Å². The fraction of sp³-hybridized carbons (Fsp3) is 0.394. The minimum Gasteiger partial charge on any atom is -0.495 e. The Kier molecular flexibility index (Phi) is 11.3. The first kappa shape index (κ1) is 33.3. The molecule has 44 heavy (non-hydrogen) atoms. The van der Waals surface area contributed by atoms with E-state index < -0.39 is 34.3 Å². The van der Waals surface area contributed by atoms with E-state index in [0.717, 1.165) is 42.0 Å². The molecule has 1 fully saturated rings. The molecule has 11 heteroatoms. The molecule has 1 N–H and O–H groups in total. The Balaban J connectivity index is 1.75. The topological polar surface area (TPSA) is 96.0 Å². The van der Waals surface area contributed by atoms with Crippen LogP contribution in [0.25, 0.3) is 0 Å². The fourth-order valence-corrected chi connectivity index (χ4v) is 7.04. The van der Waals surface area contributed by atoms with Crippen LogP contribution in [0.5, 0.6) is 5.75 Å². The third-order valence-electron chi connectivity index (χ3n) is 7.90. The predicted octanol–water partition coefficient (Wildman–Crippen LogP) is 6.25. The Bertz CT molecular complexity index is 1540. The van der Waals surface area contributed by atoms with E-state index in [2.05, 4.69) is 5.32 Å². The van der Waals surface area contributed by atoms with E-state index >= 15 is 0 Å². The van der Waals surface area contributed by atoms with Crippen molar-refractivity contribution in [3.8, 4) is 5.75 Å². The molecule has 0 radical (unpaired) electrons. The zero-order chi connectivity index (χ0) is 31.9. The zero-order valence-electron chi connectivity index (χ0n) is 25.3. The maximum atomic E-state index is 14.3. The van der Waals surface area contributed by atoms with Gasteiger partial charge in [0.25, 0.3) is 10.0 Å². The number of ether oxygens (including phenoxy) is 1. The van der Waals surface area contributed by atoms with Crippen LogP contribution in [0.1, 0.15) is 56.6 Å². The number of hydrogen-bond acceptors (Lipinski definition) is 5. The number of hydrogen-bond donors (Lipinski definition) is 1. The van der Waals surface area contributed by atoms with Gasteiger partial charge in [-0.15, -0.1) is 0 Å². The molecule has 0 unspecified atom stereocenters. The molecular weight excluding hydrogens is 605 g/mol. The number of sulfonamides is 1. The Morgan fingerprint density at radius 3 is 2.30 bits per heavy atom. The second-order valence-electron chi connectivity index (χ2n) is 11.1. The number of halogens is 2. The maximum Gasteiger partial charge on any atom is 0.264 e. The molecule has 0 spiro atoms. The molecule has 4 rings (SSSR count). The molecule has 1 aliphatic carbocycles. The van der Waals surface area contributed by atoms with Gasteiger partial charge in [0.1, 0.15) is 24.2 Å². The molecule has 1 aliphatic rings. The molecule has 0 heterocycles. The molecule has 1 atom stereocenters.